The number of carbonyl (C=O) groups excluding carboxylic acids is 3. The fourth-order valence-electron chi connectivity index (χ4n) is 2.12. The van der Waals surface area contributed by atoms with Gasteiger partial charge >= 0.3 is 12.1 Å². The lowest BCUT2D eigenvalue weighted by atomic mass is 10.2. The summed E-state index contributed by atoms with van der Waals surface area (Å²) in [5.74, 6) is -0.365. The van der Waals surface area contributed by atoms with E-state index in [1.165, 1.54) is 18.2 Å². The predicted molar refractivity (Wildman–Crippen MR) is 104 cm³/mol. The number of benzene rings is 1. The molecule has 2 aromatic rings. The lowest BCUT2D eigenvalue weighted by molar-refractivity contribution is -0.384. The number of non-ortho nitro benzene ring substituents is 1. The topological polar surface area (TPSA) is 167 Å². The van der Waals surface area contributed by atoms with Crippen LogP contribution in [0.2, 0.25) is 0 Å². The summed E-state index contributed by atoms with van der Waals surface area (Å²) >= 11 is 0. The van der Waals surface area contributed by atoms with E-state index in [-0.39, 0.29) is 11.4 Å². The molecule has 0 radical (unpaired) electrons. The number of nitro groups is 1. The van der Waals surface area contributed by atoms with E-state index < -0.39 is 29.4 Å². The highest BCUT2D eigenvalue weighted by molar-refractivity contribution is 5.94. The van der Waals surface area contributed by atoms with Crippen molar-refractivity contribution in [2.24, 2.45) is 0 Å². The number of hydrogen-bond acceptors (Lipinski definition) is 6. The minimum atomic E-state index is -0.810. The molecule has 0 fully saturated rings. The van der Waals surface area contributed by atoms with Crippen LogP contribution in [0.25, 0.3) is 0 Å². The number of rotatable bonds is 5. The van der Waals surface area contributed by atoms with E-state index in [9.17, 15) is 24.5 Å². The highest BCUT2D eigenvalue weighted by Gasteiger charge is 2.12. The number of nitrogens with zero attached hydrogens (tertiary/aromatic N) is 2. The van der Waals surface area contributed by atoms with Gasteiger partial charge in [0.25, 0.3) is 11.6 Å². The molecule has 1 aromatic carbocycles. The minimum absolute atomic E-state index is 0.187. The summed E-state index contributed by atoms with van der Waals surface area (Å²) in [4.78, 5) is 49.6. The second-order valence-electron chi connectivity index (χ2n) is 5.86. The first-order chi connectivity index (χ1) is 13.7. The Bertz CT molecular complexity index is 948. The lowest BCUT2D eigenvalue weighted by Crippen LogP contribution is -2.48. The van der Waals surface area contributed by atoms with Crippen molar-refractivity contribution < 1.29 is 19.3 Å². The number of carbonyl (C=O) groups is 3. The second kappa shape index (κ2) is 9.64. The van der Waals surface area contributed by atoms with Gasteiger partial charge in [0.1, 0.15) is 12.4 Å². The van der Waals surface area contributed by atoms with Gasteiger partial charge in [-0.1, -0.05) is 12.1 Å². The summed E-state index contributed by atoms with van der Waals surface area (Å²) in [6, 6.07) is 7.61. The van der Waals surface area contributed by atoms with Crippen LogP contribution in [-0.4, -0.2) is 34.4 Å². The molecule has 2 rings (SSSR count). The van der Waals surface area contributed by atoms with Crippen LogP contribution >= 0.6 is 0 Å². The fourth-order valence-corrected chi connectivity index (χ4v) is 2.12. The van der Waals surface area contributed by atoms with Crippen LogP contribution in [0, 0.1) is 24.0 Å². The molecule has 1 aromatic heterocycles. The molecule has 1 heterocycles. The van der Waals surface area contributed by atoms with Crippen molar-refractivity contribution in [3.63, 3.8) is 0 Å². The number of anilines is 2. The van der Waals surface area contributed by atoms with Crippen LogP contribution in [0.3, 0.4) is 0 Å². The Kier molecular flexibility index (Phi) is 7.01. The van der Waals surface area contributed by atoms with Crippen LogP contribution in [0.4, 0.5) is 26.8 Å². The molecule has 0 aliphatic carbocycles. The molecule has 12 heteroatoms. The van der Waals surface area contributed by atoms with Gasteiger partial charge in [-0.3, -0.25) is 25.7 Å². The van der Waals surface area contributed by atoms with E-state index in [1.807, 2.05) is 0 Å². The van der Waals surface area contributed by atoms with Crippen LogP contribution in [0.15, 0.2) is 36.4 Å². The first kappa shape index (κ1) is 21.1. The summed E-state index contributed by atoms with van der Waals surface area (Å²) in [7, 11) is 0. The van der Waals surface area contributed by atoms with E-state index in [0.717, 1.165) is 5.69 Å². The van der Waals surface area contributed by atoms with Gasteiger partial charge in [0.2, 0.25) is 0 Å². The Labute approximate surface area is 165 Å². The van der Waals surface area contributed by atoms with E-state index in [4.69, 9.17) is 0 Å². The number of hydrogen-bond donors (Lipinski definition) is 5. The van der Waals surface area contributed by atoms with Gasteiger partial charge in [0.15, 0.2) is 0 Å². The number of nitrogens with one attached hydrogen (secondary N) is 5. The quantitative estimate of drug-likeness (QED) is 0.376. The minimum Gasteiger partial charge on any atom is -0.329 e. The van der Waals surface area contributed by atoms with Crippen molar-refractivity contribution in [3.05, 3.63) is 57.8 Å². The van der Waals surface area contributed by atoms with Gasteiger partial charge in [-0.05, 0) is 31.5 Å². The first-order valence-corrected chi connectivity index (χ1v) is 8.34. The van der Waals surface area contributed by atoms with E-state index in [0.29, 0.717) is 11.4 Å². The summed E-state index contributed by atoms with van der Waals surface area (Å²) < 4.78 is 0. The molecule has 5 amide bonds. The summed E-state index contributed by atoms with van der Waals surface area (Å²) in [6.45, 7) is 3.01. The molecule has 5 N–H and O–H groups in total. The predicted octanol–water partition coefficient (Wildman–Crippen LogP) is 1.58. The zero-order chi connectivity index (χ0) is 21.4. The monoisotopic (exact) mass is 401 g/mol. The molecule has 0 aliphatic rings. The van der Waals surface area contributed by atoms with E-state index in [1.54, 1.807) is 32.0 Å². The van der Waals surface area contributed by atoms with Crippen molar-refractivity contribution >= 4 is 35.2 Å². The van der Waals surface area contributed by atoms with Crippen molar-refractivity contribution in [3.8, 4) is 0 Å². The Morgan fingerprint density at radius 1 is 1.03 bits per heavy atom. The molecule has 12 nitrogen and oxygen atoms in total. The molecule has 0 bridgehead atoms. The van der Waals surface area contributed by atoms with Crippen LogP contribution in [0.5, 0.6) is 0 Å². The fraction of sp³-hybridized carbons (Fsp3) is 0.176. The molecule has 152 valence electrons. The highest BCUT2D eigenvalue weighted by Crippen LogP contribution is 2.21. The van der Waals surface area contributed by atoms with Crippen LogP contribution < -0.4 is 26.8 Å². The van der Waals surface area contributed by atoms with Gasteiger partial charge in [-0.25, -0.2) is 20.0 Å². The zero-order valence-electron chi connectivity index (χ0n) is 15.6. The first-order valence-electron chi connectivity index (χ1n) is 8.34. The van der Waals surface area contributed by atoms with Gasteiger partial charge in [0.05, 0.1) is 10.6 Å². The van der Waals surface area contributed by atoms with Crippen molar-refractivity contribution in [2.75, 3.05) is 17.2 Å². The zero-order valence-corrected chi connectivity index (χ0v) is 15.6. The Hall–Kier alpha value is -4.22. The molecular weight excluding hydrogens is 382 g/mol. The third kappa shape index (κ3) is 6.78. The maximum absolute atomic E-state index is 11.8. The van der Waals surface area contributed by atoms with Crippen molar-refractivity contribution in [2.45, 2.75) is 13.8 Å². The average Bonchev–Trinajstić information content (AvgIpc) is 2.66. The molecule has 29 heavy (non-hydrogen) atoms. The van der Waals surface area contributed by atoms with Crippen LogP contribution in [-0.2, 0) is 4.79 Å². The van der Waals surface area contributed by atoms with Crippen LogP contribution in [0.1, 0.15) is 11.3 Å². The second-order valence-corrected chi connectivity index (χ2v) is 5.86. The third-order valence-electron chi connectivity index (χ3n) is 3.54. The maximum atomic E-state index is 11.8. The number of aryl methyl sites for hydroxylation is 2. The number of amides is 5. The van der Waals surface area contributed by atoms with Gasteiger partial charge in [-0.2, -0.15) is 0 Å². The smallest absolute Gasteiger partial charge is 0.329 e. The van der Waals surface area contributed by atoms with E-state index >= 15 is 0 Å². The molecule has 0 spiro atoms. The van der Waals surface area contributed by atoms with Gasteiger partial charge in [-0.15, -0.1) is 0 Å². The Morgan fingerprint density at radius 3 is 2.48 bits per heavy atom. The highest BCUT2D eigenvalue weighted by atomic mass is 16.6. The summed E-state index contributed by atoms with van der Waals surface area (Å²) in [5, 5.41) is 18.0. The number of hydrazine groups is 1. The van der Waals surface area contributed by atoms with Gasteiger partial charge in [0, 0.05) is 17.8 Å². The van der Waals surface area contributed by atoms with Crippen molar-refractivity contribution in [1.29, 1.82) is 0 Å². The number of aromatic nitrogens is 1. The molecule has 0 aliphatic heterocycles. The maximum Gasteiger partial charge on any atom is 0.337 e. The summed E-state index contributed by atoms with van der Waals surface area (Å²) in [5.41, 5.74) is 5.52. The van der Waals surface area contributed by atoms with Gasteiger partial charge < -0.3 is 10.6 Å². The molecule has 0 saturated heterocycles. The Morgan fingerprint density at radius 2 is 1.79 bits per heavy atom. The Balaban J connectivity index is 1.76. The number of pyridine rings is 1. The standard InChI is InChI=1S/C17H19N7O5/c1-10-6-7-12(24(28)29)8-13(10)20-17(27)23-22-15(25)9-18-16(26)21-14-5-3-4-11(2)19-14/h3-8H,9H2,1-2H3,(H,22,25)(H2,20,23,27)(H2,18,19,21,26). The van der Waals surface area contributed by atoms with E-state index in [2.05, 4.69) is 31.8 Å². The molecular formula is C17H19N7O5. The largest absolute Gasteiger partial charge is 0.337 e. The molecule has 0 atom stereocenters. The normalized spacial score (nSPS) is 9.86. The number of nitro benzene ring substituents is 1. The average molecular weight is 401 g/mol. The molecule has 0 unspecified atom stereocenters. The third-order valence-corrected chi connectivity index (χ3v) is 3.54. The summed E-state index contributed by atoms with van der Waals surface area (Å²) in [6.07, 6.45) is 0. The number of urea groups is 2. The molecule has 0 saturated carbocycles. The SMILES string of the molecule is Cc1cccc(NC(=O)NCC(=O)NNC(=O)Nc2cc([N+](=O)[O-])ccc2C)n1. The lowest BCUT2D eigenvalue weighted by Gasteiger charge is -2.11. The van der Waals surface area contributed by atoms with Crippen molar-refractivity contribution in [1.82, 2.24) is 21.2 Å².